The number of amides is 2. The second kappa shape index (κ2) is 7.75. The number of aliphatic hydroxyl groups excluding tert-OH is 1. The first-order valence-electron chi connectivity index (χ1n) is 6.02. The number of hydrogen-bond donors (Lipinski definition) is 3. The summed E-state index contributed by atoms with van der Waals surface area (Å²) in [5.74, 6) is -1.10. The van der Waals surface area contributed by atoms with Crippen LogP contribution in [0.25, 0.3) is 0 Å². The van der Waals surface area contributed by atoms with Gasteiger partial charge in [0.2, 0.25) is 0 Å². The molecule has 0 radical (unpaired) electrons. The third-order valence-electron chi connectivity index (χ3n) is 2.49. The van der Waals surface area contributed by atoms with Crippen LogP contribution in [-0.2, 0) is 4.79 Å². The second-order valence-electron chi connectivity index (χ2n) is 3.95. The van der Waals surface area contributed by atoms with E-state index in [0.29, 0.717) is 11.4 Å². The van der Waals surface area contributed by atoms with Crippen molar-refractivity contribution in [2.75, 3.05) is 19.7 Å². The molecule has 0 saturated heterocycles. The summed E-state index contributed by atoms with van der Waals surface area (Å²) in [6.07, 6.45) is 0.740. The number of aliphatic carboxylic acids is 1. The van der Waals surface area contributed by atoms with Crippen molar-refractivity contribution >= 4 is 23.3 Å². The van der Waals surface area contributed by atoms with Crippen molar-refractivity contribution in [3.8, 4) is 0 Å². The van der Waals surface area contributed by atoms with Crippen LogP contribution in [0.3, 0.4) is 0 Å². The topological polar surface area (TPSA) is 89.9 Å². The molecular formula is C12H18N2O4S. The van der Waals surface area contributed by atoms with Gasteiger partial charge in [0.25, 0.3) is 0 Å². The molecule has 0 spiro atoms. The normalized spacial score (nSPS) is 11.9. The quantitative estimate of drug-likeness (QED) is 0.704. The Balaban J connectivity index is 2.73. The molecular weight excluding hydrogens is 268 g/mol. The molecule has 1 unspecified atom stereocenters. The number of rotatable bonds is 7. The molecule has 3 N–H and O–H groups in total. The summed E-state index contributed by atoms with van der Waals surface area (Å²) in [6, 6.07) is 1.88. The average molecular weight is 286 g/mol. The van der Waals surface area contributed by atoms with E-state index in [-0.39, 0.29) is 13.2 Å². The Morgan fingerprint density at radius 2 is 2.21 bits per heavy atom. The zero-order chi connectivity index (χ0) is 14.3. The highest BCUT2D eigenvalue weighted by atomic mass is 32.1. The van der Waals surface area contributed by atoms with Gasteiger partial charge in [-0.2, -0.15) is 0 Å². The van der Waals surface area contributed by atoms with Crippen LogP contribution >= 0.6 is 11.3 Å². The Bertz CT molecular complexity index is 402. The first-order chi connectivity index (χ1) is 9.10. The predicted molar refractivity (Wildman–Crippen MR) is 72.2 cm³/mol. The van der Waals surface area contributed by atoms with Crippen LogP contribution in [0.4, 0.5) is 4.79 Å². The molecule has 0 saturated carbocycles. The summed E-state index contributed by atoms with van der Waals surface area (Å²) in [6.45, 7) is 2.43. The number of nitrogens with zero attached hydrogens (tertiary/aromatic N) is 1. The molecule has 1 aromatic rings. The highest BCUT2D eigenvalue weighted by Crippen LogP contribution is 2.19. The summed E-state index contributed by atoms with van der Waals surface area (Å²) in [7, 11) is 0. The van der Waals surface area contributed by atoms with Gasteiger partial charge in [0.05, 0.1) is 6.61 Å². The first kappa shape index (κ1) is 15.5. The van der Waals surface area contributed by atoms with E-state index in [0.717, 1.165) is 6.42 Å². The van der Waals surface area contributed by atoms with Crippen LogP contribution in [0.5, 0.6) is 0 Å². The molecule has 0 fully saturated rings. The van der Waals surface area contributed by atoms with Crippen molar-refractivity contribution < 1.29 is 19.8 Å². The maximum atomic E-state index is 12.0. The number of nitrogens with one attached hydrogen (secondary N) is 1. The van der Waals surface area contributed by atoms with Crippen LogP contribution in [0.2, 0.25) is 0 Å². The monoisotopic (exact) mass is 286 g/mol. The molecule has 1 atom stereocenters. The van der Waals surface area contributed by atoms with E-state index in [1.807, 2.05) is 6.92 Å². The maximum Gasteiger partial charge on any atom is 0.331 e. The largest absolute Gasteiger partial charge is 0.479 e. The third kappa shape index (κ3) is 4.53. The molecule has 0 aliphatic heterocycles. The van der Waals surface area contributed by atoms with Gasteiger partial charge in [0.1, 0.15) is 0 Å². The van der Waals surface area contributed by atoms with Gasteiger partial charge in [-0.3, -0.25) is 0 Å². The van der Waals surface area contributed by atoms with E-state index in [9.17, 15) is 9.59 Å². The van der Waals surface area contributed by atoms with Crippen LogP contribution in [0.1, 0.15) is 24.3 Å². The molecule has 1 heterocycles. The van der Waals surface area contributed by atoms with E-state index in [1.165, 1.54) is 16.2 Å². The molecule has 0 aromatic carbocycles. The number of carbonyl (C=O) groups is 2. The second-order valence-corrected chi connectivity index (χ2v) is 4.93. The summed E-state index contributed by atoms with van der Waals surface area (Å²) in [4.78, 5) is 25.2. The fraction of sp³-hybridized carbons (Fsp3) is 0.500. The molecule has 0 aliphatic rings. The molecule has 1 rings (SSSR count). The van der Waals surface area contributed by atoms with Crippen molar-refractivity contribution in [2.24, 2.45) is 0 Å². The van der Waals surface area contributed by atoms with Gasteiger partial charge in [-0.15, -0.1) is 11.3 Å². The minimum atomic E-state index is -1.10. The fourth-order valence-corrected chi connectivity index (χ4v) is 2.40. The van der Waals surface area contributed by atoms with E-state index in [1.54, 1.807) is 17.5 Å². The van der Waals surface area contributed by atoms with Gasteiger partial charge in [-0.1, -0.05) is 13.0 Å². The first-order valence-corrected chi connectivity index (χ1v) is 6.90. The Morgan fingerprint density at radius 1 is 1.47 bits per heavy atom. The van der Waals surface area contributed by atoms with Gasteiger partial charge in [-0.05, 0) is 17.9 Å². The number of carbonyl (C=O) groups excluding carboxylic acids is 1. The Labute approximate surface area is 115 Å². The lowest BCUT2D eigenvalue weighted by molar-refractivity contribution is -0.139. The standard InChI is InChI=1S/C12H18N2O4S/c1-2-5-14(6-7-15)12(18)13-10(11(16)17)9-4-3-8-19-9/h3-4,8,10,15H,2,5-7H2,1H3,(H,13,18)(H,16,17). The lowest BCUT2D eigenvalue weighted by Gasteiger charge is -2.23. The van der Waals surface area contributed by atoms with E-state index >= 15 is 0 Å². The van der Waals surface area contributed by atoms with E-state index in [2.05, 4.69) is 5.32 Å². The van der Waals surface area contributed by atoms with Gasteiger partial charge in [0.15, 0.2) is 6.04 Å². The minimum absolute atomic E-state index is 0.149. The van der Waals surface area contributed by atoms with E-state index < -0.39 is 18.0 Å². The number of urea groups is 1. The van der Waals surface area contributed by atoms with Crippen LogP contribution in [-0.4, -0.2) is 46.8 Å². The van der Waals surface area contributed by atoms with Gasteiger partial charge in [-0.25, -0.2) is 9.59 Å². The van der Waals surface area contributed by atoms with Gasteiger partial charge < -0.3 is 20.4 Å². The molecule has 6 nitrogen and oxygen atoms in total. The molecule has 7 heteroatoms. The number of hydrogen-bond acceptors (Lipinski definition) is 4. The molecule has 2 amide bonds. The summed E-state index contributed by atoms with van der Waals surface area (Å²) in [5, 5.41) is 22.3. The van der Waals surface area contributed by atoms with E-state index in [4.69, 9.17) is 10.2 Å². The van der Waals surface area contributed by atoms with Crippen molar-refractivity contribution in [2.45, 2.75) is 19.4 Å². The van der Waals surface area contributed by atoms with Crippen LogP contribution < -0.4 is 5.32 Å². The summed E-state index contributed by atoms with van der Waals surface area (Å²) in [5.41, 5.74) is 0. The van der Waals surface area contributed by atoms with Crippen molar-refractivity contribution in [1.82, 2.24) is 10.2 Å². The van der Waals surface area contributed by atoms with Crippen molar-refractivity contribution in [1.29, 1.82) is 0 Å². The zero-order valence-corrected chi connectivity index (χ0v) is 11.5. The van der Waals surface area contributed by atoms with Crippen molar-refractivity contribution in [3.63, 3.8) is 0 Å². The van der Waals surface area contributed by atoms with Crippen LogP contribution in [0.15, 0.2) is 17.5 Å². The van der Waals surface area contributed by atoms with Gasteiger partial charge in [0, 0.05) is 18.0 Å². The highest BCUT2D eigenvalue weighted by Gasteiger charge is 2.25. The van der Waals surface area contributed by atoms with Crippen molar-refractivity contribution in [3.05, 3.63) is 22.4 Å². The zero-order valence-electron chi connectivity index (χ0n) is 10.7. The molecule has 19 heavy (non-hydrogen) atoms. The van der Waals surface area contributed by atoms with Gasteiger partial charge >= 0.3 is 12.0 Å². The fourth-order valence-electron chi connectivity index (χ4n) is 1.63. The number of aliphatic hydroxyl groups is 1. The lowest BCUT2D eigenvalue weighted by atomic mass is 10.2. The molecule has 1 aromatic heterocycles. The highest BCUT2D eigenvalue weighted by molar-refractivity contribution is 7.10. The SMILES string of the molecule is CCCN(CCO)C(=O)NC(C(=O)O)c1cccs1. The Kier molecular flexibility index (Phi) is 6.31. The number of carboxylic acids is 1. The molecule has 0 bridgehead atoms. The third-order valence-corrected chi connectivity index (χ3v) is 3.43. The summed E-state index contributed by atoms with van der Waals surface area (Å²) < 4.78 is 0. The average Bonchev–Trinajstić information content (AvgIpc) is 2.88. The smallest absolute Gasteiger partial charge is 0.331 e. The maximum absolute atomic E-state index is 12.0. The number of thiophene rings is 1. The number of carboxylic acid groups (broad SMARTS) is 1. The molecule has 106 valence electrons. The minimum Gasteiger partial charge on any atom is -0.479 e. The summed E-state index contributed by atoms with van der Waals surface area (Å²) >= 11 is 1.28. The predicted octanol–water partition coefficient (Wildman–Crippen LogP) is 1.29. The molecule has 0 aliphatic carbocycles. The Hall–Kier alpha value is -1.60. The Morgan fingerprint density at radius 3 is 2.68 bits per heavy atom. The van der Waals surface area contributed by atoms with Crippen LogP contribution in [0, 0.1) is 0 Å². The lowest BCUT2D eigenvalue weighted by Crippen LogP contribution is -2.45.